The van der Waals surface area contributed by atoms with Crippen molar-refractivity contribution in [2.24, 2.45) is 0 Å². The van der Waals surface area contributed by atoms with Crippen LogP contribution in [-0.4, -0.2) is 65.2 Å². The van der Waals surface area contributed by atoms with Crippen LogP contribution in [-0.2, 0) is 14.3 Å². The Morgan fingerprint density at radius 1 is 1.21 bits per heavy atom. The quantitative estimate of drug-likeness (QED) is 0.672. The summed E-state index contributed by atoms with van der Waals surface area (Å²) < 4.78 is 20.0. The van der Waals surface area contributed by atoms with Crippen molar-refractivity contribution in [2.45, 2.75) is 19.4 Å². The second kappa shape index (κ2) is 8.25. The average Bonchev–Trinajstić information content (AvgIpc) is 3.28. The van der Waals surface area contributed by atoms with Crippen LogP contribution in [0.15, 0.2) is 48.4 Å². The maximum atomic E-state index is 13.9. The Bertz CT molecular complexity index is 1230. The van der Waals surface area contributed by atoms with Crippen LogP contribution in [0.3, 0.4) is 0 Å². The molecule has 2 aromatic rings. The molecule has 8 nitrogen and oxygen atoms in total. The van der Waals surface area contributed by atoms with Crippen molar-refractivity contribution in [2.75, 3.05) is 42.9 Å². The van der Waals surface area contributed by atoms with Gasteiger partial charge in [-0.05, 0) is 50.3 Å². The van der Waals surface area contributed by atoms with E-state index in [1.807, 2.05) is 37.0 Å². The van der Waals surface area contributed by atoms with Crippen LogP contribution in [0.5, 0.6) is 0 Å². The lowest BCUT2D eigenvalue weighted by Crippen LogP contribution is -2.48. The number of benzene rings is 1. The van der Waals surface area contributed by atoms with Gasteiger partial charge in [0.05, 0.1) is 12.1 Å². The van der Waals surface area contributed by atoms with E-state index in [4.69, 9.17) is 9.84 Å². The van der Waals surface area contributed by atoms with Gasteiger partial charge in [0.2, 0.25) is 0 Å². The summed E-state index contributed by atoms with van der Waals surface area (Å²) in [4.78, 5) is 32.2. The highest BCUT2D eigenvalue weighted by atomic mass is 19.1. The second-order valence-electron chi connectivity index (χ2n) is 9.12. The SMILES string of the molecule is CC1(C)OC(=C2C(=O)Nc3ccc(F)cc32)C=C1c1ccc(N2CCN(CC(=O)O)CC2)nc1. The lowest BCUT2D eigenvalue weighted by molar-refractivity contribution is -0.138. The molecule has 2 N–H and O–H groups in total. The number of fused-ring (bicyclic) bond motifs is 1. The van der Waals surface area contributed by atoms with E-state index in [2.05, 4.69) is 15.2 Å². The standard InChI is InChI=1S/C25H25FN4O4/c1-25(2)18(12-20(34-25)23-17-11-16(26)4-5-19(17)28-24(23)33)15-3-6-21(27-13-15)30-9-7-29(8-10-30)14-22(31)32/h3-6,11-13H,7-10,14H2,1-2H3,(H,28,33)(H,31,32). The summed E-state index contributed by atoms with van der Waals surface area (Å²) in [5.41, 5.74) is 2.41. The minimum absolute atomic E-state index is 0.0520. The summed E-state index contributed by atoms with van der Waals surface area (Å²) in [6, 6.07) is 8.11. The number of allylic oxidation sites excluding steroid dienone is 1. The van der Waals surface area contributed by atoms with Crippen molar-refractivity contribution in [1.29, 1.82) is 0 Å². The molecule has 5 rings (SSSR count). The van der Waals surface area contributed by atoms with Gasteiger partial charge >= 0.3 is 5.97 Å². The Hall–Kier alpha value is -3.72. The van der Waals surface area contributed by atoms with Crippen LogP contribution >= 0.6 is 0 Å². The number of carboxylic acids is 1. The summed E-state index contributed by atoms with van der Waals surface area (Å²) in [5, 5.41) is 11.7. The zero-order valence-corrected chi connectivity index (χ0v) is 19.0. The van der Waals surface area contributed by atoms with Gasteiger partial charge in [-0.25, -0.2) is 9.37 Å². The first kappa shape index (κ1) is 22.1. The van der Waals surface area contributed by atoms with Gasteiger partial charge in [-0.3, -0.25) is 14.5 Å². The highest BCUT2D eigenvalue weighted by Gasteiger charge is 2.38. The van der Waals surface area contributed by atoms with Gasteiger partial charge < -0.3 is 20.1 Å². The molecule has 3 aliphatic rings. The molecule has 1 aromatic heterocycles. The zero-order valence-electron chi connectivity index (χ0n) is 19.0. The molecule has 0 bridgehead atoms. The summed E-state index contributed by atoms with van der Waals surface area (Å²) >= 11 is 0. The number of piperazine rings is 1. The number of carbonyl (C=O) groups excluding carboxylic acids is 1. The van der Waals surface area contributed by atoms with Gasteiger partial charge in [-0.1, -0.05) is 0 Å². The molecule has 4 heterocycles. The summed E-state index contributed by atoms with van der Waals surface area (Å²) in [6.07, 6.45) is 3.61. The maximum absolute atomic E-state index is 13.9. The number of rotatable bonds is 4. The van der Waals surface area contributed by atoms with Crippen molar-refractivity contribution in [1.82, 2.24) is 9.88 Å². The highest BCUT2D eigenvalue weighted by molar-refractivity contribution is 6.32. The molecule has 0 saturated carbocycles. The molecule has 3 aliphatic heterocycles. The third kappa shape index (κ3) is 4.03. The molecule has 1 amide bonds. The van der Waals surface area contributed by atoms with E-state index in [0.717, 1.165) is 17.0 Å². The fraction of sp³-hybridized carbons (Fsp3) is 0.320. The number of ether oxygens (including phenoxy) is 1. The number of carboxylic acid groups (broad SMARTS) is 1. The Balaban J connectivity index is 1.40. The molecule has 176 valence electrons. The number of nitrogens with zero attached hydrogens (tertiary/aromatic N) is 3. The number of carbonyl (C=O) groups is 2. The van der Waals surface area contributed by atoms with Crippen molar-refractivity contribution in [3.63, 3.8) is 0 Å². The predicted octanol–water partition coefficient (Wildman–Crippen LogP) is 2.98. The van der Waals surface area contributed by atoms with E-state index in [9.17, 15) is 14.0 Å². The molecule has 1 fully saturated rings. The number of anilines is 2. The van der Waals surface area contributed by atoms with Gasteiger partial charge in [0.1, 0.15) is 23.0 Å². The summed E-state index contributed by atoms with van der Waals surface area (Å²) in [5.74, 6) is -0.323. The third-order valence-electron chi connectivity index (χ3n) is 6.38. The van der Waals surface area contributed by atoms with Crippen molar-refractivity contribution in [3.05, 3.63) is 65.3 Å². The molecule has 1 saturated heterocycles. The summed E-state index contributed by atoms with van der Waals surface area (Å²) in [6.45, 7) is 6.64. The van der Waals surface area contributed by atoms with Crippen LogP contribution < -0.4 is 10.2 Å². The highest BCUT2D eigenvalue weighted by Crippen LogP contribution is 2.44. The van der Waals surface area contributed by atoms with Crippen LogP contribution in [0.4, 0.5) is 15.9 Å². The van der Waals surface area contributed by atoms with Gasteiger partial charge in [-0.2, -0.15) is 0 Å². The normalized spacial score (nSPS) is 21.7. The van der Waals surface area contributed by atoms with Crippen LogP contribution in [0.1, 0.15) is 25.0 Å². The molecule has 0 atom stereocenters. The van der Waals surface area contributed by atoms with Crippen LogP contribution in [0.2, 0.25) is 0 Å². The molecule has 0 aliphatic carbocycles. The zero-order chi connectivity index (χ0) is 24.0. The van der Waals surface area contributed by atoms with Crippen LogP contribution in [0, 0.1) is 5.82 Å². The van der Waals surface area contributed by atoms with Crippen LogP contribution in [0.25, 0.3) is 11.1 Å². The number of nitrogens with one attached hydrogen (secondary N) is 1. The van der Waals surface area contributed by atoms with Gasteiger partial charge in [0.25, 0.3) is 5.91 Å². The Labute approximate surface area is 196 Å². The molecule has 9 heteroatoms. The van der Waals surface area contributed by atoms with E-state index >= 15 is 0 Å². The lowest BCUT2D eigenvalue weighted by Gasteiger charge is -2.34. The largest absolute Gasteiger partial charge is 0.482 e. The van der Waals surface area contributed by atoms with Crippen molar-refractivity contribution < 1.29 is 23.8 Å². The predicted molar refractivity (Wildman–Crippen MR) is 126 cm³/mol. The molecule has 0 spiro atoms. The number of halogens is 1. The lowest BCUT2D eigenvalue weighted by atomic mass is 9.93. The van der Waals surface area contributed by atoms with E-state index in [1.165, 1.54) is 12.1 Å². The molecule has 0 radical (unpaired) electrons. The Morgan fingerprint density at radius 3 is 2.65 bits per heavy atom. The summed E-state index contributed by atoms with van der Waals surface area (Å²) in [7, 11) is 0. The minimum Gasteiger partial charge on any atom is -0.482 e. The molecular formula is C25H25FN4O4. The van der Waals surface area contributed by atoms with Crippen molar-refractivity contribution >= 4 is 34.5 Å². The second-order valence-corrected chi connectivity index (χ2v) is 9.12. The van der Waals surface area contributed by atoms with Gasteiger partial charge in [-0.15, -0.1) is 0 Å². The number of amides is 1. The number of aliphatic carboxylic acids is 1. The third-order valence-corrected chi connectivity index (χ3v) is 6.38. The van der Waals surface area contributed by atoms with E-state index < -0.39 is 17.4 Å². The topological polar surface area (TPSA) is 95.0 Å². The average molecular weight is 464 g/mol. The van der Waals surface area contributed by atoms with Crippen molar-refractivity contribution in [3.8, 4) is 0 Å². The molecular weight excluding hydrogens is 439 g/mol. The number of hydrogen-bond acceptors (Lipinski definition) is 6. The Morgan fingerprint density at radius 2 is 1.97 bits per heavy atom. The maximum Gasteiger partial charge on any atom is 0.317 e. The number of hydrogen-bond donors (Lipinski definition) is 2. The van der Waals surface area contributed by atoms with E-state index in [-0.39, 0.29) is 12.5 Å². The fourth-order valence-corrected chi connectivity index (χ4v) is 4.66. The monoisotopic (exact) mass is 464 g/mol. The fourth-order valence-electron chi connectivity index (χ4n) is 4.66. The molecule has 0 unspecified atom stereocenters. The minimum atomic E-state index is -0.816. The number of pyridine rings is 1. The number of aromatic nitrogens is 1. The Kier molecular flexibility index (Phi) is 5.36. The van der Waals surface area contributed by atoms with E-state index in [1.54, 1.807) is 12.3 Å². The first-order chi connectivity index (χ1) is 16.2. The van der Waals surface area contributed by atoms with Gasteiger partial charge in [0.15, 0.2) is 0 Å². The molecule has 34 heavy (non-hydrogen) atoms. The molecule has 1 aromatic carbocycles. The van der Waals surface area contributed by atoms with Gasteiger partial charge in [0, 0.05) is 54.8 Å². The first-order valence-electron chi connectivity index (χ1n) is 11.1. The van der Waals surface area contributed by atoms with E-state index in [0.29, 0.717) is 48.8 Å². The first-order valence-corrected chi connectivity index (χ1v) is 11.1. The smallest absolute Gasteiger partial charge is 0.317 e.